The molecule has 178 valence electrons. The third-order valence-corrected chi connectivity index (χ3v) is 8.30. The van der Waals surface area contributed by atoms with E-state index < -0.39 is 0 Å². The van der Waals surface area contributed by atoms with E-state index in [-0.39, 0.29) is 17.9 Å². The van der Waals surface area contributed by atoms with Gasteiger partial charge in [0.05, 0.1) is 18.3 Å². The Kier molecular flexibility index (Phi) is 5.66. The largest absolute Gasteiger partial charge is 0.322 e. The molecule has 0 fully saturated rings. The Morgan fingerprint density at radius 1 is 1.06 bits per heavy atom. The highest BCUT2D eigenvalue weighted by Gasteiger charge is 2.36. The average molecular weight is 487 g/mol. The number of aromatic nitrogens is 1. The Balaban J connectivity index is 1.48. The maximum Gasteiger partial charge on any atom is 0.322 e. The number of carbonyl (C=O) groups excluding carboxylic acids is 1. The number of hydrogen-bond acceptors (Lipinski definition) is 3. The van der Waals surface area contributed by atoms with E-state index in [1.807, 2.05) is 34.4 Å². The molecule has 35 heavy (non-hydrogen) atoms. The highest BCUT2D eigenvalue weighted by molar-refractivity contribution is 7.15. The Bertz CT molecular complexity index is 1380. The lowest BCUT2D eigenvalue weighted by Crippen LogP contribution is -2.38. The quantitative estimate of drug-likeness (QED) is 0.375. The number of amides is 2. The molecule has 0 saturated carbocycles. The van der Waals surface area contributed by atoms with Gasteiger partial charge in [0.15, 0.2) is 0 Å². The van der Waals surface area contributed by atoms with Gasteiger partial charge in [-0.15, -0.1) is 11.3 Å². The lowest BCUT2D eigenvalue weighted by Gasteiger charge is -2.32. The van der Waals surface area contributed by atoms with Crippen LogP contribution in [-0.4, -0.2) is 33.5 Å². The molecule has 0 aliphatic carbocycles. The maximum absolute atomic E-state index is 13.9. The van der Waals surface area contributed by atoms with Crippen LogP contribution in [-0.2, 0) is 19.5 Å². The fraction of sp³-hybridized carbons (Fsp3) is 0.250. The SMILES string of the molecule is CCN1CCc2c(sc3c2CN(C(=O)Nc2cccc(F)c2)[C@H](c2ccccc2)c2cccn2-3)C1. The van der Waals surface area contributed by atoms with Crippen LogP contribution >= 0.6 is 11.3 Å². The highest BCUT2D eigenvalue weighted by Crippen LogP contribution is 2.43. The van der Waals surface area contributed by atoms with Crippen LogP contribution in [0.1, 0.15) is 40.2 Å². The molecular weight excluding hydrogens is 459 g/mol. The van der Waals surface area contributed by atoms with Gasteiger partial charge in [0.25, 0.3) is 0 Å². The summed E-state index contributed by atoms with van der Waals surface area (Å²) < 4.78 is 16.1. The van der Waals surface area contributed by atoms with Gasteiger partial charge in [-0.2, -0.15) is 0 Å². The molecule has 0 spiro atoms. The molecule has 2 aliphatic heterocycles. The summed E-state index contributed by atoms with van der Waals surface area (Å²) in [4.78, 5) is 19.6. The summed E-state index contributed by atoms with van der Waals surface area (Å²) in [5.74, 6) is -0.373. The smallest absolute Gasteiger partial charge is 0.310 e. The van der Waals surface area contributed by atoms with Gasteiger partial charge in [0.2, 0.25) is 0 Å². The zero-order chi connectivity index (χ0) is 23.9. The van der Waals surface area contributed by atoms with E-state index in [1.54, 1.807) is 12.1 Å². The van der Waals surface area contributed by atoms with Crippen LogP contribution in [0.15, 0.2) is 72.9 Å². The van der Waals surface area contributed by atoms with E-state index in [1.165, 1.54) is 33.1 Å². The third kappa shape index (κ3) is 3.94. The third-order valence-electron chi connectivity index (χ3n) is 7.04. The van der Waals surface area contributed by atoms with Gasteiger partial charge in [0, 0.05) is 35.4 Å². The number of anilines is 1. The molecule has 0 unspecified atom stereocenters. The van der Waals surface area contributed by atoms with Crippen molar-refractivity contribution in [3.05, 3.63) is 106 Å². The van der Waals surface area contributed by atoms with Crippen LogP contribution in [0.3, 0.4) is 0 Å². The summed E-state index contributed by atoms with van der Waals surface area (Å²) in [5, 5.41) is 4.16. The number of likely N-dealkylation sites (N-methyl/N-ethyl adjacent to an activating group) is 1. The van der Waals surface area contributed by atoms with Gasteiger partial charge < -0.3 is 14.8 Å². The van der Waals surface area contributed by atoms with Crippen LogP contribution in [0.2, 0.25) is 0 Å². The van der Waals surface area contributed by atoms with E-state index >= 15 is 0 Å². The van der Waals surface area contributed by atoms with Crippen LogP contribution in [0.4, 0.5) is 14.9 Å². The minimum Gasteiger partial charge on any atom is -0.310 e. The topological polar surface area (TPSA) is 40.5 Å². The van der Waals surface area contributed by atoms with Crippen molar-refractivity contribution >= 4 is 23.1 Å². The average Bonchev–Trinajstić information content (AvgIpc) is 3.45. The Hall–Kier alpha value is -3.42. The van der Waals surface area contributed by atoms with Crippen molar-refractivity contribution in [3.63, 3.8) is 0 Å². The molecule has 4 aromatic rings. The lowest BCUT2D eigenvalue weighted by molar-refractivity contribution is 0.194. The van der Waals surface area contributed by atoms with Crippen LogP contribution in [0, 0.1) is 5.82 Å². The molecule has 1 atom stereocenters. The van der Waals surface area contributed by atoms with Crippen molar-refractivity contribution in [1.82, 2.24) is 14.4 Å². The molecule has 0 saturated heterocycles. The molecular formula is C28H27FN4OS. The Morgan fingerprint density at radius 3 is 2.71 bits per heavy atom. The van der Waals surface area contributed by atoms with E-state index in [0.29, 0.717) is 12.2 Å². The van der Waals surface area contributed by atoms with E-state index in [9.17, 15) is 9.18 Å². The Morgan fingerprint density at radius 2 is 1.91 bits per heavy atom. The first kappa shape index (κ1) is 22.1. The molecule has 0 radical (unpaired) electrons. The number of fused-ring (bicyclic) bond motifs is 5. The molecule has 7 heteroatoms. The van der Waals surface area contributed by atoms with Gasteiger partial charge in [0.1, 0.15) is 10.8 Å². The van der Waals surface area contributed by atoms with Crippen LogP contribution < -0.4 is 5.32 Å². The lowest BCUT2D eigenvalue weighted by atomic mass is 10.0. The number of thiophene rings is 1. The van der Waals surface area contributed by atoms with E-state index in [0.717, 1.165) is 37.3 Å². The maximum atomic E-state index is 13.9. The molecule has 1 N–H and O–H groups in total. The molecule has 2 aromatic carbocycles. The molecule has 5 nitrogen and oxygen atoms in total. The first-order valence-corrected chi connectivity index (χ1v) is 12.9. The van der Waals surface area contributed by atoms with Crippen molar-refractivity contribution < 1.29 is 9.18 Å². The first-order chi connectivity index (χ1) is 17.1. The minimum absolute atomic E-state index is 0.240. The summed E-state index contributed by atoms with van der Waals surface area (Å²) >= 11 is 1.85. The Labute approximate surface area is 208 Å². The molecule has 2 aromatic heterocycles. The van der Waals surface area contributed by atoms with Crippen molar-refractivity contribution in [2.24, 2.45) is 0 Å². The number of rotatable bonds is 3. The number of nitrogens with zero attached hydrogens (tertiary/aromatic N) is 3. The second-order valence-electron chi connectivity index (χ2n) is 9.09. The molecule has 6 rings (SSSR count). The van der Waals surface area contributed by atoms with Crippen molar-refractivity contribution in [3.8, 4) is 5.00 Å². The molecule has 0 bridgehead atoms. The standard InChI is InChI=1S/C28H27FN4OS/c1-2-31-15-13-22-23-17-33(28(34)30-21-11-6-10-20(29)16-21)26(19-8-4-3-5-9-19)24-12-7-14-32(24)27(23)35-25(22)18-31/h3-12,14,16,26H,2,13,15,17-18H2,1H3,(H,30,34)/t26-/m1/s1. The molecule has 2 amide bonds. The number of benzene rings is 2. The molecule has 4 heterocycles. The summed E-state index contributed by atoms with van der Waals surface area (Å²) in [6, 6.07) is 19.8. The molecule has 2 aliphatic rings. The number of nitrogens with one attached hydrogen (secondary N) is 1. The number of hydrogen-bond donors (Lipinski definition) is 1. The minimum atomic E-state index is -0.373. The number of halogens is 1. The van der Waals surface area contributed by atoms with Gasteiger partial charge in [-0.3, -0.25) is 4.90 Å². The van der Waals surface area contributed by atoms with E-state index in [4.69, 9.17) is 0 Å². The van der Waals surface area contributed by atoms with Crippen LogP contribution in [0.5, 0.6) is 0 Å². The highest BCUT2D eigenvalue weighted by atomic mass is 32.1. The summed E-state index contributed by atoms with van der Waals surface area (Å²) in [7, 11) is 0. The normalized spacial score (nSPS) is 17.3. The van der Waals surface area contributed by atoms with Crippen molar-refractivity contribution in [2.75, 3.05) is 18.4 Å². The predicted molar refractivity (Wildman–Crippen MR) is 138 cm³/mol. The zero-order valence-corrected chi connectivity index (χ0v) is 20.4. The second kappa shape index (κ2) is 8.98. The van der Waals surface area contributed by atoms with Gasteiger partial charge in [-0.05, 0) is 54.4 Å². The zero-order valence-electron chi connectivity index (χ0n) is 19.6. The summed E-state index contributed by atoms with van der Waals surface area (Å²) in [6.45, 7) is 5.72. The van der Waals surface area contributed by atoms with Gasteiger partial charge in [-0.25, -0.2) is 9.18 Å². The van der Waals surface area contributed by atoms with Crippen LogP contribution in [0.25, 0.3) is 5.00 Å². The second-order valence-corrected chi connectivity index (χ2v) is 10.2. The predicted octanol–water partition coefficient (Wildman–Crippen LogP) is 6.19. The van der Waals surface area contributed by atoms with Gasteiger partial charge >= 0.3 is 6.03 Å². The van der Waals surface area contributed by atoms with Crippen molar-refractivity contribution in [2.45, 2.75) is 32.5 Å². The number of urea groups is 1. The fourth-order valence-corrected chi connectivity index (χ4v) is 6.70. The van der Waals surface area contributed by atoms with Crippen molar-refractivity contribution in [1.29, 1.82) is 0 Å². The van der Waals surface area contributed by atoms with E-state index in [2.05, 4.69) is 52.2 Å². The first-order valence-electron chi connectivity index (χ1n) is 12.0. The van der Waals surface area contributed by atoms with Gasteiger partial charge in [-0.1, -0.05) is 43.3 Å². The summed E-state index contributed by atoms with van der Waals surface area (Å²) in [5.41, 5.74) is 5.16. The fourth-order valence-electron chi connectivity index (χ4n) is 5.29. The monoisotopic (exact) mass is 486 g/mol. The summed E-state index contributed by atoms with van der Waals surface area (Å²) in [6.07, 6.45) is 3.10. The number of carbonyl (C=O) groups is 1.